The molecule has 0 bridgehead atoms. The van der Waals surface area contributed by atoms with Crippen LogP contribution in [0.15, 0.2) is 0 Å². The van der Waals surface area contributed by atoms with Crippen molar-refractivity contribution in [1.82, 2.24) is 9.80 Å². The van der Waals surface area contributed by atoms with Crippen molar-refractivity contribution in [3.63, 3.8) is 0 Å². The first kappa shape index (κ1) is 14.7. The zero-order valence-electron chi connectivity index (χ0n) is 11.9. The molecule has 0 aromatic rings. The first-order valence-electron chi connectivity index (χ1n) is 7.42. The molecule has 5 heteroatoms. The highest BCUT2D eigenvalue weighted by atomic mass is 32.1. The van der Waals surface area contributed by atoms with Crippen LogP contribution in [0.4, 0.5) is 0 Å². The molecule has 2 fully saturated rings. The van der Waals surface area contributed by atoms with Gasteiger partial charge in [0, 0.05) is 26.2 Å². The highest BCUT2D eigenvalue weighted by Crippen LogP contribution is 2.40. The number of thiocarbonyl (C=S) groups is 1. The zero-order valence-corrected chi connectivity index (χ0v) is 12.7. The molecule has 2 aliphatic rings. The van der Waals surface area contributed by atoms with Gasteiger partial charge in [-0.05, 0) is 25.8 Å². The van der Waals surface area contributed by atoms with Gasteiger partial charge in [0.25, 0.3) is 0 Å². The number of carbonyl (C=O) groups excluding carboxylic acids is 1. The lowest BCUT2D eigenvalue weighted by Gasteiger charge is -2.39. The van der Waals surface area contributed by atoms with Crippen LogP contribution in [0, 0.1) is 5.41 Å². The van der Waals surface area contributed by atoms with E-state index in [2.05, 4.69) is 11.8 Å². The Kier molecular flexibility index (Phi) is 4.79. The van der Waals surface area contributed by atoms with E-state index < -0.39 is 5.41 Å². The van der Waals surface area contributed by atoms with Crippen LogP contribution in [0.2, 0.25) is 0 Å². The Hall–Kier alpha value is -0.680. The molecule has 0 atom stereocenters. The van der Waals surface area contributed by atoms with Crippen molar-refractivity contribution in [2.24, 2.45) is 11.1 Å². The molecule has 2 N–H and O–H groups in total. The molecule has 0 unspecified atom stereocenters. The summed E-state index contributed by atoms with van der Waals surface area (Å²) in [5, 5.41) is 0. The SMILES string of the molecule is CCCN1CCN(C(=O)C2(C(N)=S)CCCC2)CC1. The Labute approximate surface area is 121 Å². The third-order valence-corrected chi connectivity index (χ3v) is 4.93. The molecule has 1 amide bonds. The molecule has 1 saturated heterocycles. The van der Waals surface area contributed by atoms with Crippen LogP contribution < -0.4 is 5.73 Å². The normalized spacial score (nSPS) is 23.5. The van der Waals surface area contributed by atoms with Gasteiger partial charge in [0.05, 0.1) is 10.4 Å². The number of nitrogens with two attached hydrogens (primary N) is 1. The molecule has 19 heavy (non-hydrogen) atoms. The van der Waals surface area contributed by atoms with Gasteiger partial charge in [-0.25, -0.2) is 0 Å². The molecule has 0 radical (unpaired) electrons. The Morgan fingerprint density at radius 1 is 1.21 bits per heavy atom. The van der Waals surface area contributed by atoms with Gasteiger partial charge in [-0.3, -0.25) is 9.69 Å². The molecule has 2 rings (SSSR count). The molecule has 1 saturated carbocycles. The molecular formula is C14H25N3OS. The van der Waals surface area contributed by atoms with Crippen LogP contribution in [0.1, 0.15) is 39.0 Å². The standard InChI is InChI=1S/C14H25N3OS/c1-2-7-16-8-10-17(11-9-16)13(18)14(12(15)19)5-3-4-6-14/h2-11H2,1H3,(H2,15,19). The van der Waals surface area contributed by atoms with Gasteiger partial charge in [0.2, 0.25) is 5.91 Å². The summed E-state index contributed by atoms with van der Waals surface area (Å²) in [5.74, 6) is 0.189. The molecule has 0 aromatic carbocycles. The lowest BCUT2D eigenvalue weighted by Crippen LogP contribution is -2.55. The summed E-state index contributed by atoms with van der Waals surface area (Å²) >= 11 is 5.20. The van der Waals surface area contributed by atoms with E-state index in [1.165, 1.54) is 6.42 Å². The second-order valence-electron chi connectivity index (χ2n) is 5.79. The lowest BCUT2D eigenvalue weighted by molar-refractivity contribution is -0.139. The predicted molar refractivity (Wildman–Crippen MR) is 81.0 cm³/mol. The fourth-order valence-corrected chi connectivity index (χ4v) is 3.63. The Morgan fingerprint density at radius 3 is 2.26 bits per heavy atom. The average Bonchev–Trinajstić information content (AvgIpc) is 2.90. The number of amides is 1. The summed E-state index contributed by atoms with van der Waals surface area (Å²) in [6.45, 7) is 6.92. The van der Waals surface area contributed by atoms with Gasteiger partial charge in [-0.15, -0.1) is 0 Å². The maximum atomic E-state index is 12.8. The van der Waals surface area contributed by atoms with Gasteiger partial charge in [0.1, 0.15) is 0 Å². The summed E-state index contributed by atoms with van der Waals surface area (Å²) in [4.78, 5) is 17.6. The zero-order chi connectivity index (χ0) is 13.9. The van der Waals surface area contributed by atoms with E-state index in [9.17, 15) is 4.79 Å². The minimum absolute atomic E-state index is 0.189. The summed E-state index contributed by atoms with van der Waals surface area (Å²) in [7, 11) is 0. The fraction of sp³-hybridized carbons (Fsp3) is 0.857. The van der Waals surface area contributed by atoms with Gasteiger partial charge in [0.15, 0.2) is 0 Å². The van der Waals surface area contributed by atoms with Gasteiger partial charge < -0.3 is 10.6 Å². The summed E-state index contributed by atoms with van der Waals surface area (Å²) < 4.78 is 0. The van der Waals surface area contributed by atoms with Crippen molar-refractivity contribution < 1.29 is 4.79 Å². The highest BCUT2D eigenvalue weighted by molar-refractivity contribution is 7.80. The van der Waals surface area contributed by atoms with Crippen molar-refractivity contribution in [3.05, 3.63) is 0 Å². The molecule has 1 aliphatic heterocycles. The summed E-state index contributed by atoms with van der Waals surface area (Å²) in [6.07, 6.45) is 5.00. The Morgan fingerprint density at radius 2 is 1.79 bits per heavy atom. The van der Waals surface area contributed by atoms with E-state index in [1.54, 1.807) is 0 Å². The van der Waals surface area contributed by atoms with Crippen LogP contribution in [0.3, 0.4) is 0 Å². The largest absolute Gasteiger partial charge is 0.392 e. The Balaban J connectivity index is 1.98. The van der Waals surface area contributed by atoms with Crippen LogP contribution in [0.25, 0.3) is 0 Å². The first-order chi connectivity index (χ1) is 9.10. The highest BCUT2D eigenvalue weighted by Gasteiger charge is 2.46. The number of hydrogen-bond donors (Lipinski definition) is 1. The molecule has 0 aromatic heterocycles. The van der Waals surface area contributed by atoms with E-state index in [0.717, 1.165) is 58.4 Å². The van der Waals surface area contributed by atoms with Gasteiger partial charge >= 0.3 is 0 Å². The summed E-state index contributed by atoms with van der Waals surface area (Å²) in [6, 6.07) is 0. The average molecular weight is 283 g/mol. The topological polar surface area (TPSA) is 49.6 Å². The second kappa shape index (κ2) is 6.18. The number of rotatable bonds is 4. The van der Waals surface area contributed by atoms with Crippen molar-refractivity contribution >= 4 is 23.1 Å². The lowest BCUT2D eigenvalue weighted by atomic mass is 9.84. The van der Waals surface area contributed by atoms with Crippen LogP contribution in [0.5, 0.6) is 0 Å². The van der Waals surface area contributed by atoms with E-state index >= 15 is 0 Å². The molecule has 1 aliphatic carbocycles. The summed E-state index contributed by atoms with van der Waals surface area (Å²) in [5.41, 5.74) is 5.36. The number of nitrogens with zero attached hydrogens (tertiary/aromatic N) is 2. The number of hydrogen-bond acceptors (Lipinski definition) is 3. The molecule has 0 spiro atoms. The first-order valence-corrected chi connectivity index (χ1v) is 7.82. The Bertz CT molecular complexity index is 345. The molecular weight excluding hydrogens is 258 g/mol. The van der Waals surface area contributed by atoms with E-state index in [1.807, 2.05) is 4.90 Å². The molecule has 108 valence electrons. The molecule has 4 nitrogen and oxygen atoms in total. The monoisotopic (exact) mass is 283 g/mol. The molecule has 1 heterocycles. The van der Waals surface area contributed by atoms with Gasteiger partial charge in [-0.2, -0.15) is 0 Å². The van der Waals surface area contributed by atoms with Gasteiger partial charge in [-0.1, -0.05) is 32.0 Å². The maximum Gasteiger partial charge on any atom is 0.235 e. The van der Waals surface area contributed by atoms with E-state index in [4.69, 9.17) is 18.0 Å². The van der Waals surface area contributed by atoms with Crippen LogP contribution in [-0.2, 0) is 4.79 Å². The third kappa shape index (κ3) is 2.92. The van der Waals surface area contributed by atoms with Crippen LogP contribution in [-0.4, -0.2) is 53.4 Å². The van der Waals surface area contributed by atoms with Crippen molar-refractivity contribution in [3.8, 4) is 0 Å². The number of piperazine rings is 1. The maximum absolute atomic E-state index is 12.8. The quantitative estimate of drug-likeness (QED) is 0.792. The van der Waals surface area contributed by atoms with Crippen molar-refractivity contribution in [2.45, 2.75) is 39.0 Å². The third-order valence-electron chi connectivity index (χ3n) is 4.54. The minimum atomic E-state index is -0.526. The van der Waals surface area contributed by atoms with Crippen molar-refractivity contribution in [1.29, 1.82) is 0 Å². The fourth-order valence-electron chi connectivity index (χ4n) is 3.34. The second-order valence-corrected chi connectivity index (χ2v) is 6.23. The van der Waals surface area contributed by atoms with Crippen LogP contribution >= 0.6 is 12.2 Å². The van der Waals surface area contributed by atoms with E-state index in [-0.39, 0.29) is 5.91 Å². The number of carbonyl (C=O) groups is 1. The minimum Gasteiger partial charge on any atom is -0.392 e. The smallest absolute Gasteiger partial charge is 0.235 e. The van der Waals surface area contributed by atoms with Crippen molar-refractivity contribution in [2.75, 3.05) is 32.7 Å². The van der Waals surface area contributed by atoms with E-state index in [0.29, 0.717) is 4.99 Å². The predicted octanol–water partition coefficient (Wildman–Crippen LogP) is 1.39.